The highest BCUT2D eigenvalue weighted by molar-refractivity contribution is 5.45. The third-order valence-electron chi connectivity index (χ3n) is 5.93. The van der Waals surface area contributed by atoms with Gasteiger partial charge in [-0.25, -0.2) is 9.07 Å². The van der Waals surface area contributed by atoms with Gasteiger partial charge in [-0.3, -0.25) is 9.80 Å². The fraction of sp³-hybridized carbons (Fsp3) is 0.375. The molecule has 174 valence electrons. The number of benzene rings is 2. The van der Waals surface area contributed by atoms with Gasteiger partial charge in [-0.05, 0) is 45.8 Å². The zero-order valence-corrected chi connectivity index (χ0v) is 19.0. The molecule has 0 N–H and O–H groups in total. The van der Waals surface area contributed by atoms with Gasteiger partial charge in [0.05, 0.1) is 26.8 Å². The predicted molar refractivity (Wildman–Crippen MR) is 123 cm³/mol. The summed E-state index contributed by atoms with van der Waals surface area (Å²) < 4.78 is 26.1. The Kier molecular flexibility index (Phi) is 7.31. The van der Waals surface area contributed by atoms with E-state index < -0.39 is 0 Å². The number of hydrogen-bond donors (Lipinski definition) is 0. The van der Waals surface area contributed by atoms with Crippen LogP contribution in [0.2, 0.25) is 0 Å². The van der Waals surface area contributed by atoms with Crippen molar-refractivity contribution in [3.63, 3.8) is 0 Å². The zero-order chi connectivity index (χ0) is 23.2. The normalized spacial score (nSPS) is 15.8. The maximum absolute atomic E-state index is 13.4. The molecule has 0 spiro atoms. The molecule has 1 aliphatic rings. The van der Waals surface area contributed by atoms with Crippen LogP contribution >= 0.6 is 0 Å². The van der Waals surface area contributed by atoms with Gasteiger partial charge < -0.3 is 9.47 Å². The Morgan fingerprint density at radius 1 is 1.03 bits per heavy atom. The molecule has 0 aliphatic carbocycles. The fourth-order valence-corrected chi connectivity index (χ4v) is 4.22. The number of rotatable bonds is 9. The lowest BCUT2D eigenvalue weighted by molar-refractivity contribution is 0.112. The van der Waals surface area contributed by atoms with Crippen LogP contribution in [0.5, 0.6) is 11.5 Å². The van der Waals surface area contributed by atoms with Crippen LogP contribution in [0.3, 0.4) is 0 Å². The number of piperazine rings is 1. The van der Waals surface area contributed by atoms with Gasteiger partial charge in [0.25, 0.3) is 0 Å². The number of nitrogens with zero attached hydrogens (tertiary/aromatic N) is 6. The first kappa shape index (κ1) is 22.9. The Morgan fingerprint density at radius 3 is 2.42 bits per heavy atom. The molecule has 1 fully saturated rings. The van der Waals surface area contributed by atoms with Crippen molar-refractivity contribution in [3.8, 4) is 11.5 Å². The predicted octanol–water partition coefficient (Wildman–Crippen LogP) is 2.77. The minimum absolute atomic E-state index is 0.175. The molecular formula is C24H29FN6O2. The topological polar surface area (TPSA) is 68.5 Å². The van der Waals surface area contributed by atoms with E-state index in [4.69, 9.17) is 9.47 Å². The molecule has 1 saturated heterocycles. The second-order valence-corrected chi connectivity index (χ2v) is 7.96. The fourth-order valence-electron chi connectivity index (χ4n) is 4.22. The monoisotopic (exact) mass is 452 g/mol. The van der Waals surface area contributed by atoms with E-state index in [1.54, 1.807) is 31.0 Å². The van der Waals surface area contributed by atoms with Gasteiger partial charge in [0.15, 0.2) is 17.3 Å². The number of halogens is 1. The average Bonchev–Trinajstić information content (AvgIpc) is 3.29. The van der Waals surface area contributed by atoms with Gasteiger partial charge in [-0.15, -0.1) is 11.7 Å². The molecule has 2 heterocycles. The van der Waals surface area contributed by atoms with Crippen LogP contribution in [-0.4, -0.2) is 77.0 Å². The van der Waals surface area contributed by atoms with Crippen LogP contribution in [0, 0.1) is 5.82 Å². The lowest BCUT2D eigenvalue weighted by Crippen LogP contribution is -2.48. The smallest absolute Gasteiger partial charge is 0.173 e. The number of ether oxygens (including phenoxy) is 2. The van der Waals surface area contributed by atoms with E-state index in [-0.39, 0.29) is 11.9 Å². The third-order valence-corrected chi connectivity index (χ3v) is 5.93. The maximum Gasteiger partial charge on any atom is 0.173 e. The van der Waals surface area contributed by atoms with Gasteiger partial charge in [-0.1, -0.05) is 24.3 Å². The van der Waals surface area contributed by atoms with E-state index in [0.29, 0.717) is 18.0 Å². The van der Waals surface area contributed by atoms with Gasteiger partial charge in [0.2, 0.25) is 0 Å². The van der Waals surface area contributed by atoms with E-state index in [1.165, 1.54) is 12.1 Å². The van der Waals surface area contributed by atoms with E-state index in [9.17, 15) is 4.39 Å². The summed E-state index contributed by atoms with van der Waals surface area (Å²) in [6.07, 6.45) is 1.94. The molecule has 9 heteroatoms. The summed E-state index contributed by atoms with van der Waals surface area (Å²) in [5.41, 5.74) is 1.94. The first-order valence-corrected chi connectivity index (χ1v) is 10.9. The third kappa shape index (κ3) is 5.20. The number of methoxy groups -OCH3 is 2. The van der Waals surface area contributed by atoms with Crippen LogP contribution in [0.25, 0.3) is 0 Å². The van der Waals surface area contributed by atoms with Crippen LogP contribution < -0.4 is 9.47 Å². The average molecular weight is 453 g/mol. The highest BCUT2D eigenvalue weighted by Crippen LogP contribution is 2.35. The van der Waals surface area contributed by atoms with Crippen molar-refractivity contribution in [1.82, 2.24) is 30.0 Å². The van der Waals surface area contributed by atoms with Crippen molar-refractivity contribution in [2.24, 2.45) is 0 Å². The largest absolute Gasteiger partial charge is 0.493 e. The van der Waals surface area contributed by atoms with Crippen molar-refractivity contribution in [1.29, 1.82) is 0 Å². The Morgan fingerprint density at radius 2 is 1.76 bits per heavy atom. The standard InChI is InChI=1S/C24H29FN6O2/c1-4-11-29-12-14-30(15-13-29)23(19-7-10-21(32-2)22(16-19)33-3)24-26-27-28-31(24)17-18-5-8-20(25)9-6-18/h4-10,16,23H,1,11-15,17H2,2-3H3/t23-/m0/s1. The van der Waals surface area contributed by atoms with Gasteiger partial charge in [-0.2, -0.15) is 0 Å². The molecule has 8 nitrogen and oxygen atoms in total. The molecule has 1 atom stereocenters. The molecule has 0 amide bonds. The SMILES string of the molecule is C=CCN1CCN([C@@H](c2ccc(OC)c(OC)c2)c2nnnn2Cc2ccc(F)cc2)CC1. The Bertz CT molecular complexity index is 1060. The van der Waals surface area contributed by atoms with Crippen molar-refractivity contribution >= 4 is 0 Å². The van der Waals surface area contributed by atoms with E-state index in [1.807, 2.05) is 24.3 Å². The van der Waals surface area contributed by atoms with E-state index in [2.05, 4.69) is 31.9 Å². The second kappa shape index (κ2) is 10.5. The van der Waals surface area contributed by atoms with E-state index in [0.717, 1.165) is 49.7 Å². The Balaban J connectivity index is 1.69. The quantitative estimate of drug-likeness (QED) is 0.463. The van der Waals surface area contributed by atoms with Crippen LogP contribution in [0.15, 0.2) is 55.1 Å². The molecule has 0 bridgehead atoms. The number of aromatic nitrogens is 4. The van der Waals surface area contributed by atoms with Crippen LogP contribution in [-0.2, 0) is 6.54 Å². The summed E-state index contributed by atoms with van der Waals surface area (Å²) in [5.74, 6) is 1.78. The van der Waals surface area contributed by atoms with Crippen LogP contribution in [0.4, 0.5) is 4.39 Å². The first-order valence-electron chi connectivity index (χ1n) is 10.9. The molecule has 1 aliphatic heterocycles. The van der Waals surface area contributed by atoms with Crippen molar-refractivity contribution in [2.45, 2.75) is 12.6 Å². The molecule has 3 aromatic rings. The van der Waals surface area contributed by atoms with Gasteiger partial charge in [0.1, 0.15) is 5.82 Å². The number of hydrogen-bond acceptors (Lipinski definition) is 7. The van der Waals surface area contributed by atoms with Crippen molar-refractivity contribution in [3.05, 3.63) is 77.9 Å². The molecule has 0 radical (unpaired) electrons. The minimum atomic E-state index is -0.267. The van der Waals surface area contributed by atoms with Gasteiger partial charge >= 0.3 is 0 Å². The lowest BCUT2D eigenvalue weighted by atomic mass is 10.0. The summed E-state index contributed by atoms with van der Waals surface area (Å²) in [4.78, 5) is 4.75. The molecule has 4 rings (SSSR count). The minimum Gasteiger partial charge on any atom is -0.493 e. The molecule has 0 saturated carbocycles. The van der Waals surface area contributed by atoms with Crippen molar-refractivity contribution in [2.75, 3.05) is 46.9 Å². The maximum atomic E-state index is 13.4. The highest BCUT2D eigenvalue weighted by Gasteiger charge is 2.31. The highest BCUT2D eigenvalue weighted by atomic mass is 19.1. The summed E-state index contributed by atoms with van der Waals surface area (Å²) in [6.45, 7) is 8.74. The van der Waals surface area contributed by atoms with Crippen LogP contribution in [0.1, 0.15) is 23.0 Å². The molecular weight excluding hydrogens is 423 g/mol. The molecule has 33 heavy (non-hydrogen) atoms. The lowest BCUT2D eigenvalue weighted by Gasteiger charge is -2.38. The number of tetrazole rings is 1. The summed E-state index contributed by atoms with van der Waals surface area (Å²) in [5, 5.41) is 12.7. The summed E-state index contributed by atoms with van der Waals surface area (Å²) in [6, 6.07) is 12.1. The zero-order valence-electron chi connectivity index (χ0n) is 19.0. The van der Waals surface area contributed by atoms with E-state index >= 15 is 0 Å². The van der Waals surface area contributed by atoms with Gasteiger partial charge in [0, 0.05) is 32.7 Å². The molecule has 1 aromatic heterocycles. The molecule has 0 unspecified atom stereocenters. The Labute approximate surface area is 193 Å². The second-order valence-electron chi connectivity index (χ2n) is 7.96. The first-order chi connectivity index (χ1) is 16.1. The molecule has 2 aromatic carbocycles. The van der Waals surface area contributed by atoms with Crippen molar-refractivity contribution < 1.29 is 13.9 Å². The Hall–Kier alpha value is -3.30. The summed E-state index contributed by atoms with van der Waals surface area (Å²) >= 11 is 0. The summed E-state index contributed by atoms with van der Waals surface area (Å²) in [7, 11) is 3.25.